The van der Waals surface area contributed by atoms with E-state index in [0.29, 0.717) is 17.1 Å². The second kappa shape index (κ2) is 9.24. The van der Waals surface area contributed by atoms with Gasteiger partial charge in [0.25, 0.3) is 5.56 Å². The van der Waals surface area contributed by atoms with E-state index in [-0.39, 0.29) is 5.56 Å². The lowest BCUT2D eigenvalue weighted by Crippen LogP contribution is -2.23. The topological polar surface area (TPSA) is 58.2 Å². The zero-order valence-electron chi connectivity index (χ0n) is 17.2. The van der Waals surface area contributed by atoms with Crippen molar-refractivity contribution < 1.29 is 4.74 Å². The molecule has 0 bridgehead atoms. The van der Waals surface area contributed by atoms with Crippen LogP contribution in [0.3, 0.4) is 0 Å². The van der Waals surface area contributed by atoms with E-state index in [4.69, 9.17) is 9.72 Å². The minimum Gasteiger partial charge on any atom is -0.497 e. The number of hydrogen-bond acceptors (Lipinski definition) is 5. The van der Waals surface area contributed by atoms with Crippen LogP contribution in [0.4, 0.5) is 0 Å². The molecule has 0 fully saturated rings. The standard InChI is InChI=1S/C24H25N3O2S/c1-27(14-6-9-17-7-4-3-5-8-17)16-22-25-20-15-21(30-23(20)24(28)26-22)18-10-12-19(29-2)13-11-18/h3-5,7-8,10-13,15H,6,9,14,16H2,1-2H3,(H,25,26,28). The molecule has 1 N–H and O–H groups in total. The molecule has 0 saturated heterocycles. The molecule has 30 heavy (non-hydrogen) atoms. The average molecular weight is 420 g/mol. The molecule has 5 nitrogen and oxygen atoms in total. The number of fused-ring (bicyclic) bond motifs is 1. The molecule has 154 valence electrons. The van der Waals surface area contributed by atoms with Gasteiger partial charge >= 0.3 is 0 Å². The highest BCUT2D eigenvalue weighted by Gasteiger charge is 2.12. The van der Waals surface area contributed by atoms with Gasteiger partial charge in [-0.05, 0) is 67.9 Å². The molecule has 0 aliphatic rings. The van der Waals surface area contributed by atoms with Crippen LogP contribution in [0, 0.1) is 0 Å². The molecule has 4 rings (SSSR count). The second-order valence-electron chi connectivity index (χ2n) is 7.39. The zero-order chi connectivity index (χ0) is 20.9. The second-order valence-corrected chi connectivity index (χ2v) is 8.45. The minimum atomic E-state index is -0.0718. The van der Waals surface area contributed by atoms with Crippen LogP contribution in [-0.2, 0) is 13.0 Å². The maximum Gasteiger partial charge on any atom is 0.268 e. The molecule has 2 aromatic heterocycles. The number of hydrogen-bond donors (Lipinski definition) is 1. The molecular formula is C24H25N3O2S. The highest BCUT2D eigenvalue weighted by molar-refractivity contribution is 7.22. The number of aromatic nitrogens is 2. The molecule has 4 aromatic rings. The lowest BCUT2D eigenvalue weighted by atomic mass is 10.1. The molecule has 6 heteroatoms. The Balaban J connectivity index is 1.44. The lowest BCUT2D eigenvalue weighted by Gasteiger charge is -2.15. The van der Waals surface area contributed by atoms with Gasteiger partial charge in [-0.1, -0.05) is 30.3 Å². The first-order valence-corrected chi connectivity index (χ1v) is 10.8. The van der Waals surface area contributed by atoms with Gasteiger partial charge in [0.2, 0.25) is 0 Å². The summed E-state index contributed by atoms with van der Waals surface area (Å²) in [4.78, 5) is 23.5. The SMILES string of the molecule is COc1ccc(-c2cc3nc(CN(C)CCCc4ccccc4)[nH]c(=O)c3s2)cc1. The fraction of sp³-hybridized carbons (Fsp3) is 0.250. The minimum absolute atomic E-state index is 0.0718. The fourth-order valence-corrected chi connectivity index (χ4v) is 4.49. The van der Waals surface area contributed by atoms with Gasteiger partial charge in [-0.3, -0.25) is 9.69 Å². The number of rotatable bonds is 8. The summed E-state index contributed by atoms with van der Waals surface area (Å²) in [5, 5.41) is 0. The first-order valence-electron chi connectivity index (χ1n) is 10.0. The van der Waals surface area contributed by atoms with Gasteiger partial charge in [0.05, 0.1) is 19.2 Å². The first kappa shape index (κ1) is 20.3. The quantitative estimate of drug-likeness (QED) is 0.449. The molecule has 2 aromatic carbocycles. The van der Waals surface area contributed by atoms with E-state index in [1.54, 1.807) is 7.11 Å². The van der Waals surface area contributed by atoms with Crippen molar-refractivity contribution in [2.24, 2.45) is 0 Å². The maximum atomic E-state index is 12.6. The molecular weight excluding hydrogens is 394 g/mol. The van der Waals surface area contributed by atoms with E-state index in [1.165, 1.54) is 16.9 Å². The summed E-state index contributed by atoms with van der Waals surface area (Å²) in [7, 11) is 3.71. The van der Waals surface area contributed by atoms with Crippen molar-refractivity contribution in [3.8, 4) is 16.2 Å². The van der Waals surface area contributed by atoms with Crippen molar-refractivity contribution in [3.63, 3.8) is 0 Å². The maximum absolute atomic E-state index is 12.6. The number of nitrogens with one attached hydrogen (secondary N) is 1. The predicted molar refractivity (Wildman–Crippen MR) is 123 cm³/mol. The highest BCUT2D eigenvalue weighted by atomic mass is 32.1. The molecule has 0 saturated carbocycles. The Kier molecular flexibility index (Phi) is 6.26. The molecule has 2 heterocycles. The molecule has 0 aliphatic carbocycles. The number of aryl methyl sites for hydroxylation is 1. The van der Waals surface area contributed by atoms with Gasteiger partial charge in [0.1, 0.15) is 16.3 Å². The normalized spacial score (nSPS) is 11.3. The summed E-state index contributed by atoms with van der Waals surface area (Å²) in [5.41, 5.74) is 3.08. The molecule has 0 atom stereocenters. The van der Waals surface area contributed by atoms with E-state index in [0.717, 1.165) is 41.1 Å². The van der Waals surface area contributed by atoms with Crippen LogP contribution in [0.1, 0.15) is 17.8 Å². The Labute approximate surface area is 180 Å². The van der Waals surface area contributed by atoms with Crippen molar-refractivity contribution >= 4 is 21.6 Å². The Bertz CT molecular complexity index is 1170. The summed E-state index contributed by atoms with van der Waals surface area (Å²) in [5.74, 6) is 1.52. The molecule has 0 amide bonds. The van der Waals surface area contributed by atoms with Crippen LogP contribution >= 0.6 is 11.3 Å². The van der Waals surface area contributed by atoms with Crippen LogP contribution in [0.5, 0.6) is 5.75 Å². The monoisotopic (exact) mass is 419 g/mol. The lowest BCUT2D eigenvalue weighted by molar-refractivity contribution is 0.314. The van der Waals surface area contributed by atoms with Crippen molar-refractivity contribution in [2.45, 2.75) is 19.4 Å². The number of H-pyrrole nitrogens is 1. The van der Waals surface area contributed by atoms with Crippen molar-refractivity contribution in [1.82, 2.24) is 14.9 Å². The largest absolute Gasteiger partial charge is 0.497 e. The van der Waals surface area contributed by atoms with Crippen molar-refractivity contribution in [2.75, 3.05) is 20.7 Å². The van der Waals surface area contributed by atoms with Gasteiger partial charge in [0.15, 0.2) is 0 Å². The summed E-state index contributed by atoms with van der Waals surface area (Å²) in [6.07, 6.45) is 2.11. The van der Waals surface area contributed by atoms with Gasteiger partial charge in [-0.15, -0.1) is 11.3 Å². The third kappa shape index (κ3) is 4.78. The molecule has 0 spiro atoms. The molecule has 0 aliphatic heterocycles. The van der Waals surface area contributed by atoms with Crippen LogP contribution < -0.4 is 10.3 Å². The van der Waals surface area contributed by atoms with Gasteiger partial charge < -0.3 is 9.72 Å². The fourth-order valence-electron chi connectivity index (χ4n) is 3.49. The van der Waals surface area contributed by atoms with Crippen molar-refractivity contribution in [3.05, 3.63) is 82.4 Å². The summed E-state index contributed by atoms with van der Waals surface area (Å²) < 4.78 is 5.88. The van der Waals surface area contributed by atoms with Crippen molar-refractivity contribution in [1.29, 1.82) is 0 Å². The van der Waals surface area contributed by atoms with E-state index in [1.807, 2.05) is 36.4 Å². The zero-order valence-corrected chi connectivity index (χ0v) is 18.0. The van der Waals surface area contributed by atoms with Crippen LogP contribution in [0.25, 0.3) is 20.7 Å². The third-order valence-corrected chi connectivity index (χ3v) is 6.25. The Hall–Kier alpha value is -2.96. The third-order valence-electron chi connectivity index (χ3n) is 5.07. The van der Waals surface area contributed by atoms with E-state index in [9.17, 15) is 4.79 Å². The predicted octanol–water partition coefficient (Wildman–Crippen LogP) is 4.72. The Morgan fingerprint density at radius 3 is 2.60 bits per heavy atom. The number of aromatic amines is 1. The van der Waals surface area contributed by atoms with Crippen LogP contribution in [0.2, 0.25) is 0 Å². The molecule has 0 radical (unpaired) electrons. The van der Waals surface area contributed by atoms with Crippen LogP contribution in [-0.4, -0.2) is 35.6 Å². The first-order chi connectivity index (χ1) is 14.6. The number of nitrogens with zero attached hydrogens (tertiary/aromatic N) is 2. The van der Waals surface area contributed by atoms with Gasteiger partial charge in [-0.2, -0.15) is 0 Å². The smallest absolute Gasteiger partial charge is 0.268 e. The highest BCUT2D eigenvalue weighted by Crippen LogP contribution is 2.31. The molecule has 0 unspecified atom stereocenters. The Morgan fingerprint density at radius 2 is 1.87 bits per heavy atom. The number of thiophene rings is 1. The summed E-state index contributed by atoms with van der Waals surface area (Å²) in [6, 6.07) is 20.3. The average Bonchev–Trinajstić information content (AvgIpc) is 3.19. The van der Waals surface area contributed by atoms with Crippen LogP contribution in [0.15, 0.2) is 65.5 Å². The van der Waals surface area contributed by atoms with Gasteiger partial charge in [0, 0.05) is 4.88 Å². The summed E-state index contributed by atoms with van der Waals surface area (Å²) in [6.45, 7) is 1.56. The number of methoxy groups -OCH3 is 1. The van der Waals surface area contributed by atoms with Gasteiger partial charge in [-0.25, -0.2) is 4.98 Å². The number of ether oxygens (including phenoxy) is 1. The summed E-state index contributed by atoms with van der Waals surface area (Å²) >= 11 is 1.47. The number of benzene rings is 2. The van der Waals surface area contributed by atoms with E-state index < -0.39 is 0 Å². The Morgan fingerprint density at radius 1 is 1.10 bits per heavy atom. The van der Waals surface area contributed by atoms with E-state index >= 15 is 0 Å². The van der Waals surface area contributed by atoms with E-state index in [2.05, 4.69) is 41.2 Å².